The van der Waals surface area contributed by atoms with E-state index >= 15 is 0 Å². The zero-order valence-electron chi connectivity index (χ0n) is 18.1. The van der Waals surface area contributed by atoms with Gasteiger partial charge in [-0.05, 0) is 42.4 Å². The van der Waals surface area contributed by atoms with Crippen molar-refractivity contribution in [2.24, 2.45) is 0 Å². The molecule has 0 saturated carbocycles. The maximum absolute atomic E-state index is 5.44. The Morgan fingerprint density at radius 2 is 1.52 bits per heavy atom. The van der Waals surface area contributed by atoms with Crippen molar-refractivity contribution in [1.29, 1.82) is 0 Å². The van der Waals surface area contributed by atoms with Crippen LogP contribution in [0.5, 0.6) is 0 Å². The normalized spacial score (nSPS) is 18.5. The van der Waals surface area contributed by atoms with Crippen molar-refractivity contribution in [3.05, 3.63) is 54.7 Å². The fraction of sp³-hybridized carbons (Fsp3) is 0.440. The largest absolute Gasteiger partial charge is 0.379 e. The molecule has 6 heteroatoms. The number of hydrogen-bond donors (Lipinski definition) is 0. The van der Waals surface area contributed by atoms with Gasteiger partial charge >= 0.3 is 0 Å². The van der Waals surface area contributed by atoms with Gasteiger partial charge in [0.25, 0.3) is 0 Å². The van der Waals surface area contributed by atoms with Gasteiger partial charge in [-0.3, -0.25) is 9.80 Å². The van der Waals surface area contributed by atoms with Crippen LogP contribution in [0.1, 0.15) is 6.42 Å². The molecule has 3 aromatic rings. The van der Waals surface area contributed by atoms with E-state index in [1.807, 2.05) is 12.3 Å². The Morgan fingerprint density at radius 3 is 2.32 bits per heavy atom. The topological polar surface area (TPSA) is 44.7 Å². The first kappa shape index (κ1) is 20.4. The number of nitrogens with zero attached hydrogens (tertiary/aromatic N) is 5. The second-order valence-electron chi connectivity index (χ2n) is 8.44. The summed E-state index contributed by atoms with van der Waals surface area (Å²) in [6.45, 7) is 10.4. The van der Waals surface area contributed by atoms with Gasteiger partial charge in [-0.25, -0.2) is 9.97 Å². The van der Waals surface area contributed by atoms with Gasteiger partial charge in [0.05, 0.1) is 18.9 Å². The Kier molecular flexibility index (Phi) is 6.39. The van der Waals surface area contributed by atoms with Crippen molar-refractivity contribution in [3.63, 3.8) is 0 Å². The zero-order chi connectivity index (χ0) is 20.9. The van der Waals surface area contributed by atoms with E-state index in [0.29, 0.717) is 0 Å². The van der Waals surface area contributed by atoms with Crippen LogP contribution in [0.15, 0.2) is 54.7 Å². The van der Waals surface area contributed by atoms with E-state index in [1.54, 1.807) is 0 Å². The Balaban J connectivity index is 1.17. The number of aromatic nitrogens is 2. The fourth-order valence-corrected chi connectivity index (χ4v) is 4.52. The number of morpholine rings is 1. The van der Waals surface area contributed by atoms with E-state index in [2.05, 4.69) is 62.1 Å². The molecule has 2 aliphatic heterocycles. The van der Waals surface area contributed by atoms with Gasteiger partial charge < -0.3 is 9.64 Å². The molecule has 2 saturated heterocycles. The fourth-order valence-electron chi connectivity index (χ4n) is 4.52. The van der Waals surface area contributed by atoms with Crippen molar-refractivity contribution in [3.8, 4) is 11.3 Å². The van der Waals surface area contributed by atoms with Gasteiger partial charge in [0.1, 0.15) is 0 Å². The molecule has 5 rings (SSSR count). The van der Waals surface area contributed by atoms with E-state index < -0.39 is 0 Å². The monoisotopic (exact) mass is 417 g/mol. The van der Waals surface area contributed by atoms with Gasteiger partial charge in [-0.1, -0.05) is 36.4 Å². The first-order chi connectivity index (χ1) is 15.3. The summed E-state index contributed by atoms with van der Waals surface area (Å²) in [5, 5.41) is 2.50. The van der Waals surface area contributed by atoms with Crippen molar-refractivity contribution in [2.45, 2.75) is 6.42 Å². The Morgan fingerprint density at radius 1 is 0.774 bits per heavy atom. The van der Waals surface area contributed by atoms with Crippen LogP contribution in [0.25, 0.3) is 22.0 Å². The molecular weight excluding hydrogens is 386 g/mol. The van der Waals surface area contributed by atoms with Gasteiger partial charge in [0.15, 0.2) is 0 Å². The molecule has 2 fully saturated rings. The molecule has 0 amide bonds. The molecule has 31 heavy (non-hydrogen) atoms. The lowest BCUT2D eigenvalue weighted by molar-refractivity contribution is 0.0360. The first-order valence-electron chi connectivity index (χ1n) is 11.4. The van der Waals surface area contributed by atoms with E-state index in [0.717, 1.165) is 69.7 Å². The second-order valence-corrected chi connectivity index (χ2v) is 8.44. The summed E-state index contributed by atoms with van der Waals surface area (Å²) in [7, 11) is 0. The van der Waals surface area contributed by atoms with Crippen LogP contribution in [0.3, 0.4) is 0 Å². The molecule has 2 aromatic carbocycles. The smallest absolute Gasteiger partial charge is 0.225 e. The Labute approximate surface area is 184 Å². The number of piperazine rings is 1. The number of fused-ring (bicyclic) bond motifs is 1. The maximum Gasteiger partial charge on any atom is 0.225 e. The van der Waals surface area contributed by atoms with Crippen LogP contribution in [-0.2, 0) is 4.74 Å². The van der Waals surface area contributed by atoms with Crippen molar-refractivity contribution < 1.29 is 4.74 Å². The van der Waals surface area contributed by atoms with Crippen molar-refractivity contribution in [1.82, 2.24) is 19.8 Å². The van der Waals surface area contributed by atoms with Gasteiger partial charge in [-0.2, -0.15) is 0 Å². The lowest BCUT2D eigenvalue weighted by Gasteiger charge is -2.35. The molecule has 6 nitrogen and oxygen atoms in total. The van der Waals surface area contributed by atoms with E-state index in [4.69, 9.17) is 9.72 Å². The number of ether oxygens (including phenoxy) is 1. The summed E-state index contributed by atoms with van der Waals surface area (Å²) >= 11 is 0. The number of hydrogen-bond acceptors (Lipinski definition) is 6. The van der Waals surface area contributed by atoms with Crippen molar-refractivity contribution in [2.75, 3.05) is 70.5 Å². The quantitative estimate of drug-likeness (QED) is 0.614. The molecule has 3 heterocycles. The Bertz CT molecular complexity index is 996. The van der Waals surface area contributed by atoms with Crippen LogP contribution in [0.4, 0.5) is 5.95 Å². The SMILES string of the molecule is c1ccc2cc(-c3ccnc(N4CCN(CCCN5CCOCC5)CC4)n3)ccc2c1. The minimum absolute atomic E-state index is 0.846. The van der Waals surface area contributed by atoms with Crippen LogP contribution in [0.2, 0.25) is 0 Å². The van der Waals surface area contributed by atoms with Gasteiger partial charge in [0, 0.05) is 51.0 Å². The summed E-state index contributed by atoms with van der Waals surface area (Å²) in [5.41, 5.74) is 2.13. The second kappa shape index (κ2) is 9.73. The molecule has 0 bridgehead atoms. The molecular formula is C25H31N5O. The van der Waals surface area contributed by atoms with E-state index in [-0.39, 0.29) is 0 Å². The lowest BCUT2D eigenvalue weighted by Crippen LogP contribution is -2.47. The minimum Gasteiger partial charge on any atom is -0.379 e. The zero-order valence-corrected chi connectivity index (χ0v) is 18.1. The van der Waals surface area contributed by atoms with E-state index in [9.17, 15) is 0 Å². The molecule has 0 N–H and O–H groups in total. The highest BCUT2D eigenvalue weighted by Gasteiger charge is 2.19. The van der Waals surface area contributed by atoms with Crippen LogP contribution >= 0.6 is 0 Å². The number of rotatable bonds is 6. The first-order valence-corrected chi connectivity index (χ1v) is 11.4. The lowest BCUT2D eigenvalue weighted by atomic mass is 10.1. The molecule has 162 valence electrons. The van der Waals surface area contributed by atoms with Gasteiger partial charge in [-0.15, -0.1) is 0 Å². The van der Waals surface area contributed by atoms with Gasteiger partial charge in [0.2, 0.25) is 5.95 Å². The average molecular weight is 418 g/mol. The summed E-state index contributed by atoms with van der Waals surface area (Å²) in [5.74, 6) is 0.846. The van der Waals surface area contributed by atoms with E-state index in [1.165, 1.54) is 30.3 Å². The third kappa shape index (κ3) is 5.03. The standard InChI is InChI=1S/C25H31N5O/c1-2-5-22-20-23(7-6-21(22)4-1)24-8-9-26-25(27-24)30-14-12-28(13-15-30)10-3-11-29-16-18-31-19-17-29/h1-2,4-9,20H,3,10-19H2. The highest BCUT2D eigenvalue weighted by molar-refractivity contribution is 5.86. The average Bonchev–Trinajstić information content (AvgIpc) is 2.85. The van der Waals surface area contributed by atoms with Crippen LogP contribution in [0, 0.1) is 0 Å². The summed E-state index contributed by atoms with van der Waals surface area (Å²) in [4.78, 5) is 16.9. The predicted octanol–water partition coefficient (Wildman–Crippen LogP) is 3.14. The third-order valence-electron chi connectivity index (χ3n) is 6.40. The molecule has 0 spiro atoms. The number of benzene rings is 2. The predicted molar refractivity (Wildman–Crippen MR) is 126 cm³/mol. The molecule has 2 aliphatic rings. The Hall–Kier alpha value is -2.54. The minimum atomic E-state index is 0.846. The number of anilines is 1. The molecule has 1 aromatic heterocycles. The van der Waals surface area contributed by atoms with Crippen LogP contribution < -0.4 is 4.90 Å². The van der Waals surface area contributed by atoms with Crippen LogP contribution in [-0.4, -0.2) is 85.3 Å². The highest BCUT2D eigenvalue weighted by atomic mass is 16.5. The summed E-state index contributed by atoms with van der Waals surface area (Å²) in [6, 6.07) is 17.0. The van der Waals surface area contributed by atoms with Crippen molar-refractivity contribution >= 4 is 16.7 Å². The summed E-state index contributed by atoms with van der Waals surface area (Å²) < 4.78 is 5.44. The molecule has 0 aliphatic carbocycles. The molecule has 0 radical (unpaired) electrons. The molecule has 0 atom stereocenters. The summed E-state index contributed by atoms with van der Waals surface area (Å²) in [6.07, 6.45) is 3.12. The maximum atomic E-state index is 5.44. The third-order valence-corrected chi connectivity index (χ3v) is 6.40. The molecule has 0 unspecified atom stereocenters. The highest BCUT2D eigenvalue weighted by Crippen LogP contribution is 2.24.